The van der Waals surface area contributed by atoms with Crippen molar-refractivity contribution in [3.05, 3.63) is 42.5 Å². The summed E-state index contributed by atoms with van der Waals surface area (Å²) < 4.78 is 1.99. The zero-order valence-electron chi connectivity index (χ0n) is 16.8. The number of hydrogen-bond donors (Lipinski definition) is 2. The number of aliphatic imine (C=N–C) groups is 1. The van der Waals surface area contributed by atoms with Crippen molar-refractivity contribution in [3.63, 3.8) is 0 Å². The molecule has 0 atom stereocenters. The fraction of sp³-hybridized carbons (Fsp3) is 0.571. The van der Waals surface area contributed by atoms with Crippen molar-refractivity contribution in [2.24, 2.45) is 16.3 Å². The highest BCUT2D eigenvalue weighted by molar-refractivity contribution is 5.79. The lowest BCUT2D eigenvalue weighted by Crippen LogP contribution is -2.47. The maximum Gasteiger partial charge on any atom is 0.191 e. The molecule has 1 saturated carbocycles. The van der Waals surface area contributed by atoms with E-state index in [2.05, 4.69) is 41.6 Å². The Morgan fingerprint density at radius 2 is 2.00 bits per heavy atom. The number of rotatable bonds is 8. The zero-order valence-corrected chi connectivity index (χ0v) is 16.8. The monoisotopic (exact) mass is 368 g/mol. The molecule has 1 aromatic carbocycles. The van der Waals surface area contributed by atoms with Crippen LogP contribution in [0.4, 0.5) is 0 Å². The molecule has 1 aliphatic carbocycles. The Balaban J connectivity index is 1.66. The van der Waals surface area contributed by atoms with Crippen molar-refractivity contribution < 1.29 is 0 Å². The molecule has 6 nitrogen and oxygen atoms in total. The lowest BCUT2D eigenvalue weighted by Gasteiger charge is -2.43. The highest BCUT2D eigenvalue weighted by Crippen LogP contribution is 2.45. The molecule has 1 aliphatic rings. The third kappa shape index (κ3) is 5.08. The van der Waals surface area contributed by atoms with E-state index in [-0.39, 0.29) is 0 Å². The molecule has 0 radical (unpaired) electrons. The van der Waals surface area contributed by atoms with Gasteiger partial charge in [0.05, 0.1) is 0 Å². The van der Waals surface area contributed by atoms with Gasteiger partial charge in [-0.3, -0.25) is 4.57 Å². The number of benzene rings is 1. The first-order valence-corrected chi connectivity index (χ1v) is 10.1. The smallest absolute Gasteiger partial charge is 0.191 e. The van der Waals surface area contributed by atoms with Gasteiger partial charge in [-0.05, 0) is 49.7 Å². The van der Waals surface area contributed by atoms with E-state index in [1.807, 2.05) is 34.9 Å². The van der Waals surface area contributed by atoms with Crippen LogP contribution in [0.2, 0.25) is 0 Å². The lowest BCUT2D eigenvalue weighted by molar-refractivity contribution is 0.104. The van der Waals surface area contributed by atoms with Crippen LogP contribution in [0, 0.1) is 11.3 Å². The Kier molecular flexibility index (Phi) is 6.48. The highest BCUT2D eigenvalue weighted by atomic mass is 15.3. The average molecular weight is 369 g/mol. The second-order valence-electron chi connectivity index (χ2n) is 7.95. The molecule has 0 spiro atoms. The van der Waals surface area contributed by atoms with Gasteiger partial charge < -0.3 is 10.6 Å². The van der Waals surface area contributed by atoms with Crippen molar-refractivity contribution in [3.8, 4) is 5.69 Å². The van der Waals surface area contributed by atoms with E-state index in [1.54, 1.807) is 6.33 Å². The summed E-state index contributed by atoms with van der Waals surface area (Å²) in [6.07, 6.45) is 7.01. The summed E-state index contributed by atoms with van der Waals surface area (Å²) in [6, 6.07) is 10.1. The molecule has 3 rings (SSSR count). The average Bonchev–Trinajstić information content (AvgIpc) is 3.10. The van der Waals surface area contributed by atoms with Gasteiger partial charge in [0.2, 0.25) is 0 Å². The second-order valence-corrected chi connectivity index (χ2v) is 7.95. The molecule has 6 heteroatoms. The zero-order chi connectivity index (χ0) is 19.1. The van der Waals surface area contributed by atoms with Gasteiger partial charge in [0, 0.05) is 18.8 Å². The molecule has 0 amide bonds. The summed E-state index contributed by atoms with van der Waals surface area (Å²) >= 11 is 0. The van der Waals surface area contributed by atoms with E-state index in [0.717, 1.165) is 36.5 Å². The molecule has 146 valence electrons. The first-order chi connectivity index (χ1) is 13.1. The Hall–Kier alpha value is -2.37. The first kappa shape index (κ1) is 19.4. The summed E-state index contributed by atoms with van der Waals surface area (Å²) in [5, 5.41) is 15.2. The summed E-state index contributed by atoms with van der Waals surface area (Å²) in [5.74, 6) is 2.42. The van der Waals surface area contributed by atoms with Crippen LogP contribution in [0.1, 0.15) is 52.3 Å². The van der Waals surface area contributed by atoms with Gasteiger partial charge in [0.25, 0.3) is 0 Å². The summed E-state index contributed by atoms with van der Waals surface area (Å²) in [7, 11) is 0. The molecule has 27 heavy (non-hydrogen) atoms. The summed E-state index contributed by atoms with van der Waals surface area (Å²) in [4.78, 5) is 4.75. The number of guanidine groups is 1. The highest BCUT2D eigenvalue weighted by Gasteiger charge is 2.37. The number of nitrogens with zero attached hydrogens (tertiary/aromatic N) is 4. The van der Waals surface area contributed by atoms with Crippen molar-refractivity contribution >= 4 is 5.96 Å². The lowest BCUT2D eigenvalue weighted by atomic mass is 9.64. The Morgan fingerprint density at radius 1 is 1.22 bits per heavy atom. The minimum Gasteiger partial charge on any atom is -0.357 e. The molecule has 0 unspecified atom stereocenters. The van der Waals surface area contributed by atoms with Crippen molar-refractivity contribution in [2.45, 2.75) is 53.0 Å². The van der Waals surface area contributed by atoms with Crippen LogP contribution < -0.4 is 10.6 Å². The van der Waals surface area contributed by atoms with Crippen LogP contribution in [0.5, 0.6) is 0 Å². The van der Waals surface area contributed by atoms with Gasteiger partial charge in [0.1, 0.15) is 12.9 Å². The molecule has 1 aromatic heterocycles. The molecule has 1 heterocycles. The molecule has 2 N–H and O–H groups in total. The number of hydrogen-bond acceptors (Lipinski definition) is 3. The minimum absolute atomic E-state index is 0.439. The third-order valence-corrected chi connectivity index (χ3v) is 5.26. The van der Waals surface area contributed by atoms with Crippen LogP contribution in [0.25, 0.3) is 5.69 Å². The quantitative estimate of drug-likeness (QED) is 0.552. The van der Waals surface area contributed by atoms with E-state index < -0.39 is 0 Å². The first-order valence-electron chi connectivity index (χ1n) is 10.1. The molecular weight excluding hydrogens is 336 g/mol. The van der Waals surface area contributed by atoms with Gasteiger partial charge in [0.15, 0.2) is 11.8 Å². The predicted octanol–water partition coefficient (Wildman–Crippen LogP) is 3.54. The van der Waals surface area contributed by atoms with Crippen molar-refractivity contribution in [1.82, 2.24) is 25.4 Å². The van der Waals surface area contributed by atoms with E-state index in [0.29, 0.717) is 12.0 Å². The molecule has 1 fully saturated rings. The van der Waals surface area contributed by atoms with Crippen LogP contribution in [-0.4, -0.2) is 33.8 Å². The molecule has 0 aliphatic heterocycles. The Labute approximate surface area is 162 Å². The molecule has 0 bridgehead atoms. The van der Waals surface area contributed by atoms with Gasteiger partial charge in [-0.1, -0.05) is 38.5 Å². The second kappa shape index (κ2) is 9.02. The standard InChI is InChI=1S/C21H32N6/c1-4-22-20(24-15-21(11-8-12-21)13-17(2)3)23-14-19-26-25-16-27(19)18-9-6-5-7-10-18/h5-7,9-10,16-17H,4,8,11-15H2,1-3H3,(H2,22,23,24). The maximum atomic E-state index is 4.75. The minimum atomic E-state index is 0.439. The fourth-order valence-corrected chi connectivity index (χ4v) is 3.93. The largest absolute Gasteiger partial charge is 0.357 e. The van der Waals surface area contributed by atoms with Gasteiger partial charge in [-0.2, -0.15) is 0 Å². The number of aromatic nitrogens is 3. The Bertz CT molecular complexity index is 730. The normalized spacial score (nSPS) is 16.2. The molecule has 0 saturated heterocycles. The van der Waals surface area contributed by atoms with Crippen LogP contribution in [0.15, 0.2) is 41.7 Å². The third-order valence-electron chi connectivity index (χ3n) is 5.26. The SMILES string of the molecule is CCNC(=NCc1nncn1-c1ccccc1)NCC1(CC(C)C)CCC1. The van der Waals surface area contributed by atoms with Crippen LogP contribution >= 0.6 is 0 Å². The number of para-hydroxylation sites is 1. The maximum absolute atomic E-state index is 4.75. The molecular formula is C21H32N6. The van der Waals surface area contributed by atoms with Crippen molar-refractivity contribution in [2.75, 3.05) is 13.1 Å². The fourth-order valence-electron chi connectivity index (χ4n) is 3.93. The van der Waals surface area contributed by atoms with E-state index >= 15 is 0 Å². The van der Waals surface area contributed by atoms with Crippen molar-refractivity contribution in [1.29, 1.82) is 0 Å². The Morgan fingerprint density at radius 3 is 2.63 bits per heavy atom. The van der Waals surface area contributed by atoms with Gasteiger partial charge >= 0.3 is 0 Å². The van der Waals surface area contributed by atoms with Crippen LogP contribution in [-0.2, 0) is 6.54 Å². The number of nitrogens with one attached hydrogen (secondary N) is 2. The summed E-state index contributed by atoms with van der Waals surface area (Å²) in [6.45, 7) is 9.04. The van der Waals surface area contributed by atoms with E-state index in [4.69, 9.17) is 4.99 Å². The van der Waals surface area contributed by atoms with Gasteiger partial charge in [-0.25, -0.2) is 4.99 Å². The van der Waals surface area contributed by atoms with E-state index in [9.17, 15) is 0 Å². The molecule has 2 aromatic rings. The van der Waals surface area contributed by atoms with Crippen LogP contribution in [0.3, 0.4) is 0 Å². The van der Waals surface area contributed by atoms with E-state index in [1.165, 1.54) is 25.7 Å². The van der Waals surface area contributed by atoms with Gasteiger partial charge in [-0.15, -0.1) is 10.2 Å². The summed E-state index contributed by atoms with van der Waals surface area (Å²) in [5.41, 5.74) is 1.49. The predicted molar refractivity (Wildman–Crippen MR) is 110 cm³/mol. The topological polar surface area (TPSA) is 67.1 Å².